The molecule has 0 radical (unpaired) electrons. The average molecular weight is 451 g/mol. The Kier molecular flexibility index (Phi) is 4.67. The van der Waals surface area contributed by atoms with Crippen LogP contribution in [0, 0.1) is 29.4 Å². The van der Waals surface area contributed by atoms with Crippen molar-refractivity contribution in [1.29, 1.82) is 0 Å². The minimum absolute atomic E-state index is 0.214. The third-order valence-corrected chi connectivity index (χ3v) is 7.32. The minimum atomic E-state index is -0.464. The van der Waals surface area contributed by atoms with Crippen molar-refractivity contribution in [2.24, 2.45) is 17.8 Å². The van der Waals surface area contributed by atoms with Gasteiger partial charge < -0.3 is 14.3 Å². The zero-order valence-electron chi connectivity index (χ0n) is 18.1. The van der Waals surface area contributed by atoms with Gasteiger partial charge in [0.15, 0.2) is 11.6 Å². The van der Waals surface area contributed by atoms with Crippen LogP contribution in [0.1, 0.15) is 38.6 Å². The van der Waals surface area contributed by atoms with Crippen LogP contribution in [-0.4, -0.2) is 37.1 Å². The van der Waals surface area contributed by atoms with Crippen molar-refractivity contribution in [1.82, 2.24) is 24.5 Å². The van der Waals surface area contributed by atoms with Crippen LogP contribution in [0.3, 0.4) is 0 Å². The molecule has 3 aliphatic rings. The van der Waals surface area contributed by atoms with E-state index in [0.717, 1.165) is 31.9 Å². The lowest BCUT2D eigenvalue weighted by Gasteiger charge is -2.47. The molecular formula is C24H23F2N5O2. The van der Waals surface area contributed by atoms with Gasteiger partial charge in [-0.2, -0.15) is 0 Å². The Morgan fingerprint density at radius 3 is 2.73 bits per heavy atom. The minimum Gasteiger partial charge on any atom is -0.466 e. The number of esters is 1. The maximum absolute atomic E-state index is 15.0. The Morgan fingerprint density at radius 2 is 1.94 bits per heavy atom. The molecular weight excluding hydrogens is 428 g/mol. The number of aromatic amines is 1. The molecule has 3 aliphatic carbocycles. The van der Waals surface area contributed by atoms with E-state index < -0.39 is 11.6 Å². The van der Waals surface area contributed by atoms with Crippen molar-refractivity contribution < 1.29 is 18.3 Å². The van der Waals surface area contributed by atoms with Crippen molar-refractivity contribution in [2.75, 3.05) is 6.61 Å². The highest BCUT2D eigenvalue weighted by Gasteiger charge is 2.49. The number of pyridine rings is 1. The monoisotopic (exact) mass is 451 g/mol. The first-order valence-corrected chi connectivity index (χ1v) is 11.4. The first kappa shape index (κ1) is 20.3. The number of halogens is 2. The fraction of sp³-hybridized carbons (Fsp3) is 0.417. The van der Waals surface area contributed by atoms with Gasteiger partial charge in [-0.25, -0.2) is 23.7 Å². The summed E-state index contributed by atoms with van der Waals surface area (Å²) in [6.45, 7) is 2.12. The van der Waals surface area contributed by atoms with Crippen LogP contribution in [0.15, 0.2) is 30.9 Å². The third-order valence-electron chi connectivity index (χ3n) is 7.32. The normalized spacial score (nSPS) is 24.6. The molecule has 1 N–H and O–H groups in total. The summed E-state index contributed by atoms with van der Waals surface area (Å²) >= 11 is 0. The lowest BCUT2D eigenvalue weighted by atomic mass is 9.61. The lowest BCUT2D eigenvalue weighted by Crippen LogP contribution is -2.45. The van der Waals surface area contributed by atoms with Gasteiger partial charge in [-0.15, -0.1) is 0 Å². The molecule has 0 aliphatic heterocycles. The molecule has 170 valence electrons. The van der Waals surface area contributed by atoms with E-state index in [0.29, 0.717) is 40.1 Å². The van der Waals surface area contributed by atoms with Gasteiger partial charge in [-0.3, -0.25) is 4.79 Å². The first-order chi connectivity index (χ1) is 16.0. The standard InChI is InChI=1S/C24H23F2N5O2/c1-2-33-24(32)19-12-3-5-13(6-4-12)20(19)31-11-18(26)17-10-29-22(30-23(17)31)16-9-28-21-15(16)7-14(25)8-27-21/h7-13,19-20H,2-6H2,1H3,(H,27,28)/t12?,13?,19-,20-/m0/s1. The molecule has 2 atom stereocenters. The van der Waals surface area contributed by atoms with Crippen LogP contribution < -0.4 is 0 Å². The molecule has 4 aromatic heterocycles. The Hall–Kier alpha value is -3.36. The highest BCUT2D eigenvalue weighted by molar-refractivity contribution is 5.92. The fourth-order valence-corrected chi connectivity index (χ4v) is 5.90. The second-order valence-electron chi connectivity index (χ2n) is 9.01. The third kappa shape index (κ3) is 3.13. The molecule has 7 rings (SSSR count). The summed E-state index contributed by atoms with van der Waals surface area (Å²) in [6, 6.07) is 1.16. The molecule has 3 saturated carbocycles. The SMILES string of the molecule is CCOC(=O)[C@H]1C2CCC(CC2)[C@@H]1n1cc(F)c2cnc(-c3c[nH]c4ncc(F)cc34)nc21. The second-order valence-corrected chi connectivity index (χ2v) is 9.01. The maximum Gasteiger partial charge on any atom is 0.311 e. The number of carbonyl (C=O) groups is 1. The summed E-state index contributed by atoms with van der Waals surface area (Å²) < 4.78 is 36.0. The second kappa shape index (κ2) is 7.60. The molecule has 0 spiro atoms. The van der Waals surface area contributed by atoms with E-state index in [1.807, 2.05) is 4.57 Å². The molecule has 33 heavy (non-hydrogen) atoms. The number of ether oxygens (including phenoxy) is 1. The zero-order valence-corrected chi connectivity index (χ0v) is 18.1. The van der Waals surface area contributed by atoms with Crippen molar-refractivity contribution in [3.8, 4) is 11.4 Å². The molecule has 3 fully saturated rings. The van der Waals surface area contributed by atoms with Crippen molar-refractivity contribution >= 4 is 28.0 Å². The molecule has 0 unspecified atom stereocenters. The molecule has 4 aromatic rings. The Morgan fingerprint density at radius 1 is 1.15 bits per heavy atom. The molecule has 4 heterocycles. The summed E-state index contributed by atoms with van der Waals surface area (Å²) in [7, 11) is 0. The number of rotatable bonds is 4. The number of fused-ring (bicyclic) bond motifs is 5. The quantitative estimate of drug-likeness (QED) is 0.451. The van der Waals surface area contributed by atoms with E-state index in [1.54, 1.807) is 13.1 Å². The number of H-pyrrole nitrogens is 1. The smallest absolute Gasteiger partial charge is 0.311 e. The van der Waals surface area contributed by atoms with Crippen molar-refractivity contribution in [3.05, 3.63) is 42.5 Å². The van der Waals surface area contributed by atoms with Crippen LogP contribution in [0.2, 0.25) is 0 Å². The number of nitrogens with zero attached hydrogens (tertiary/aromatic N) is 4. The zero-order chi connectivity index (χ0) is 22.7. The molecule has 9 heteroatoms. The van der Waals surface area contributed by atoms with E-state index in [9.17, 15) is 13.6 Å². The molecule has 2 bridgehead atoms. The van der Waals surface area contributed by atoms with Gasteiger partial charge in [0.05, 0.1) is 30.1 Å². The maximum atomic E-state index is 15.0. The predicted octanol–water partition coefficient (Wildman–Crippen LogP) is 4.79. The molecule has 0 aromatic carbocycles. The largest absolute Gasteiger partial charge is 0.466 e. The molecule has 0 amide bonds. The van der Waals surface area contributed by atoms with Gasteiger partial charge >= 0.3 is 5.97 Å². The number of hydrogen-bond donors (Lipinski definition) is 1. The molecule has 0 saturated heterocycles. The summed E-state index contributed by atoms with van der Waals surface area (Å²) in [6.07, 6.45) is 9.68. The number of carbonyl (C=O) groups excluding carboxylic acids is 1. The van der Waals surface area contributed by atoms with Crippen LogP contribution >= 0.6 is 0 Å². The van der Waals surface area contributed by atoms with E-state index in [4.69, 9.17) is 9.72 Å². The number of nitrogens with one attached hydrogen (secondary N) is 1. The van der Waals surface area contributed by atoms with E-state index in [2.05, 4.69) is 15.0 Å². The predicted molar refractivity (Wildman–Crippen MR) is 117 cm³/mol. The molecule has 7 nitrogen and oxygen atoms in total. The summed E-state index contributed by atoms with van der Waals surface area (Å²) in [4.78, 5) is 29.1. The topological polar surface area (TPSA) is 85.7 Å². The van der Waals surface area contributed by atoms with Crippen LogP contribution in [-0.2, 0) is 9.53 Å². The Bertz CT molecular complexity index is 1370. The van der Waals surface area contributed by atoms with E-state index >= 15 is 0 Å². The summed E-state index contributed by atoms with van der Waals surface area (Å²) in [5.74, 6) is -0.604. The van der Waals surface area contributed by atoms with Gasteiger partial charge in [-0.05, 0) is 50.5 Å². The lowest BCUT2D eigenvalue weighted by molar-refractivity contribution is -0.157. The van der Waals surface area contributed by atoms with Gasteiger partial charge in [0.1, 0.15) is 17.1 Å². The highest BCUT2D eigenvalue weighted by Crippen LogP contribution is 2.52. The summed E-state index contributed by atoms with van der Waals surface area (Å²) in [5.41, 5.74) is 1.53. The Labute approximate surface area is 188 Å². The van der Waals surface area contributed by atoms with Crippen LogP contribution in [0.25, 0.3) is 33.5 Å². The number of hydrogen-bond acceptors (Lipinski definition) is 5. The van der Waals surface area contributed by atoms with E-state index in [-0.39, 0.29) is 29.8 Å². The van der Waals surface area contributed by atoms with Gasteiger partial charge in [0, 0.05) is 29.5 Å². The van der Waals surface area contributed by atoms with Gasteiger partial charge in [0.25, 0.3) is 0 Å². The Balaban J connectivity index is 1.50. The van der Waals surface area contributed by atoms with Crippen molar-refractivity contribution in [3.63, 3.8) is 0 Å². The first-order valence-electron chi connectivity index (χ1n) is 11.4. The van der Waals surface area contributed by atoms with Gasteiger partial charge in [-0.1, -0.05) is 0 Å². The van der Waals surface area contributed by atoms with Crippen LogP contribution in [0.5, 0.6) is 0 Å². The fourth-order valence-electron chi connectivity index (χ4n) is 5.90. The summed E-state index contributed by atoms with van der Waals surface area (Å²) in [5, 5.41) is 0.848. The van der Waals surface area contributed by atoms with Crippen molar-refractivity contribution in [2.45, 2.75) is 38.6 Å². The highest BCUT2D eigenvalue weighted by atomic mass is 19.1. The van der Waals surface area contributed by atoms with Crippen LogP contribution in [0.4, 0.5) is 8.78 Å². The number of aromatic nitrogens is 5. The average Bonchev–Trinajstić information content (AvgIpc) is 3.39. The van der Waals surface area contributed by atoms with E-state index in [1.165, 1.54) is 18.5 Å². The van der Waals surface area contributed by atoms with Gasteiger partial charge in [0.2, 0.25) is 0 Å².